The minimum absolute atomic E-state index is 0.538. The third-order valence-corrected chi connectivity index (χ3v) is 6.42. The molecule has 0 bridgehead atoms. The second-order valence-corrected chi connectivity index (χ2v) is 8.24. The van der Waals surface area contributed by atoms with Crippen LogP contribution in [0.1, 0.15) is 62.6 Å². The van der Waals surface area contributed by atoms with Crippen LogP contribution in [-0.4, -0.2) is 30.6 Å². The molecule has 3 atom stereocenters. The van der Waals surface area contributed by atoms with Crippen LogP contribution in [0.4, 0.5) is 0 Å². The Kier molecular flexibility index (Phi) is 5.42. The molecule has 2 heteroatoms. The van der Waals surface area contributed by atoms with Crippen molar-refractivity contribution in [2.24, 2.45) is 0 Å². The van der Waals surface area contributed by atoms with Gasteiger partial charge < -0.3 is 5.32 Å². The molecule has 2 saturated heterocycles. The predicted molar refractivity (Wildman–Crippen MR) is 111 cm³/mol. The molecule has 0 spiro atoms. The van der Waals surface area contributed by atoms with Crippen LogP contribution in [0.15, 0.2) is 48.5 Å². The number of piperidine rings is 1. The van der Waals surface area contributed by atoms with Crippen molar-refractivity contribution in [1.29, 1.82) is 0 Å². The third kappa shape index (κ3) is 3.87. The van der Waals surface area contributed by atoms with Gasteiger partial charge in [-0.2, -0.15) is 0 Å². The van der Waals surface area contributed by atoms with Gasteiger partial charge >= 0.3 is 0 Å². The lowest BCUT2D eigenvalue weighted by molar-refractivity contribution is 0.263. The number of nitrogens with zero attached hydrogens (tertiary/aromatic N) is 1. The lowest BCUT2D eigenvalue weighted by Crippen LogP contribution is -2.34. The van der Waals surface area contributed by atoms with E-state index in [2.05, 4.69) is 72.6 Å². The van der Waals surface area contributed by atoms with Crippen molar-refractivity contribution in [2.75, 3.05) is 19.6 Å². The summed E-state index contributed by atoms with van der Waals surface area (Å²) in [5.74, 6) is 0.712. The van der Waals surface area contributed by atoms with Crippen LogP contribution in [0.2, 0.25) is 0 Å². The number of likely N-dealkylation sites (tertiary alicyclic amines) is 1. The molecule has 0 aliphatic carbocycles. The van der Waals surface area contributed by atoms with E-state index >= 15 is 0 Å². The van der Waals surface area contributed by atoms with Crippen LogP contribution < -0.4 is 5.32 Å². The minimum Gasteiger partial charge on any atom is -0.314 e. The Bertz CT molecular complexity index is 654. The maximum atomic E-state index is 3.55. The number of nitrogens with one attached hydrogen (secondary N) is 1. The summed E-state index contributed by atoms with van der Waals surface area (Å²) in [6.07, 6.45) is 5.21. The Balaban J connectivity index is 1.45. The first-order chi connectivity index (χ1) is 12.7. The quantitative estimate of drug-likeness (QED) is 0.799. The Morgan fingerprint density at radius 2 is 1.54 bits per heavy atom. The van der Waals surface area contributed by atoms with E-state index in [0.717, 1.165) is 6.54 Å². The molecular formula is C24H32N2. The second kappa shape index (κ2) is 7.94. The molecule has 0 aromatic heterocycles. The Hall–Kier alpha value is -1.64. The van der Waals surface area contributed by atoms with Crippen molar-refractivity contribution in [3.63, 3.8) is 0 Å². The zero-order chi connectivity index (χ0) is 17.9. The summed E-state index contributed by atoms with van der Waals surface area (Å²) in [7, 11) is 0. The highest BCUT2D eigenvalue weighted by Gasteiger charge is 2.20. The Morgan fingerprint density at radius 1 is 0.923 bits per heavy atom. The average molecular weight is 349 g/mol. The molecule has 0 amide bonds. The fourth-order valence-corrected chi connectivity index (χ4v) is 4.68. The SMILES string of the molecule is CC1CC(c2ccc(-c3ccc(C(C)N4CCCC4)cc3)cc2)CCN1. The predicted octanol–water partition coefficient (Wildman–Crippen LogP) is 5.37. The van der Waals surface area contributed by atoms with Gasteiger partial charge in [-0.3, -0.25) is 4.90 Å². The molecule has 2 aromatic rings. The first kappa shape index (κ1) is 17.8. The fraction of sp³-hybridized carbons (Fsp3) is 0.500. The Morgan fingerprint density at radius 3 is 2.15 bits per heavy atom. The highest BCUT2D eigenvalue weighted by molar-refractivity contribution is 5.64. The zero-order valence-corrected chi connectivity index (χ0v) is 16.2. The molecule has 2 fully saturated rings. The number of hydrogen-bond donors (Lipinski definition) is 1. The minimum atomic E-state index is 0.538. The van der Waals surface area contributed by atoms with E-state index in [0.29, 0.717) is 18.0 Å². The van der Waals surface area contributed by atoms with Crippen molar-refractivity contribution >= 4 is 0 Å². The first-order valence-electron chi connectivity index (χ1n) is 10.4. The van der Waals surface area contributed by atoms with E-state index < -0.39 is 0 Å². The lowest BCUT2D eigenvalue weighted by atomic mass is 9.86. The highest BCUT2D eigenvalue weighted by atomic mass is 15.2. The molecule has 138 valence electrons. The van der Waals surface area contributed by atoms with Crippen LogP contribution in [0, 0.1) is 0 Å². The van der Waals surface area contributed by atoms with E-state index in [1.165, 1.54) is 61.0 Å². The van der Waals surface area contributed by atoms with Gasteiger partial charge in [0, 0.05) is 12.1 Å². The first-order valence-corrected chi connectivity index (χ1v) is 10.4. The zero-order valence-electron chi connectivity index (χ0n) is 16.2. The highest BCUT2D eigenvalue weighted by Crippen LogP contribution is 2.31. The molecule has 26 heavy (non-hydrogen) atoms. The summed E-state index contributed by atoms with van der Waals surface area (Å²) in [5, 5.41) is 3.55. The monoisotopic (exact) mass is 348 g/mol. The van der Waals surface area contributed by atoms with E-state index in [9.17, 15) is 0 Å². The molecule has 1 N–H and O–H groups in total. The fourth-order valence-electron chi connectivity index (χ4n) is 4.68. The maximum Gasteiger partial charge on any atom is 0.0319 e. The van der Waals surface area contributed by atoms with Crippen LogP contribution >= 0.6 is 0 Å². The van der Waals surface area contributed by atoms with Crippen molar-refractivity contribution in [2.45, 2.75) is 57.5 Å². The number of rotatable bonds is 4. The van der Waals surface area contributed by atoms with Crippen LogP contribution in [0.5, 0.6) is 0 Å². The standard InChI is InChI=1S/C24H32N2/c1-18-17-24(13-14-25-18)23-11-9-22(10-12-23)21-7-5-20(6-8-21)19(2)26-15-3-4-16-26/h5-12,18-19,24-25H,3-4,13-17H2,1-2H3. The van der Waals surface area contributed by atoms with Crippen molar-refractivity contribution in [3.05, 3.63) is 59.7 Å². The lowest BCUT2D eigenvalue weighted by Gasteiger charge is -2.28. The van der Waals surface area contributed by atoms with E-state index in [1.54, 1.807) is 0 Å². The van der Waals surface area contributed by atoms with Gasteiger partial charge in [-0.15, -0.1) is 0 Å². The number of benzene rings is 2. The molecule has 0 saturated carbocycles. The molecule has 2 heterocycles. The molecule has 2 aliphatic heterocycles. The van der Waals surface area contributed by atoms with Gasteiger partial charge in [-0.1, -0.05) is 48.5 Å². The number of hydrogen-bond acceptors (Lipinski definition) is 2. The average Bonchev–Trinajstić information content (AvgIpc) is 3.23. The van der Waals surface area contributed by atoms with Crippen molar-refractivity contribution in [3.8, 4) is 11.1 Å². The molecule has 2 aliphatic rings. The molecular weight excluding hydrogens is 316 g/mol. The van der Waals surface area contributed by atoms with Gasteiger partial charge in [-0.05, 0) is 87.3 Å². The summed E-state index contributed by atoms with van der Waals surface area (Å²) < 4.78 is 0. The van der Waals surface area contributed by atoms with Gasteiger partial charge in [0.05, 0.1) is 0 Å². The summed E-state index contributed by atoms with van der Waals surface area (Å²) in [4.78, 5) is 2.60. The molecule has 0 radical (unpaired) electrons. The molecule has 2 aromatic carbocycles. The van der Waals surface area contributed by atoms with Crippen LogP contribution in [0.3, 0.4) is 0 Å². The normalized spacial score (nSPS) is 25.3. The maximum absolute atomic E-state index is 3.55. The topological polar surface area (TPSA) is 15.3 Å². The molecule has 4 rings (SSSR count). The van der Waals surface area contributed by atoms with E-state index in [4.69, 9.17) is 0 Å². The summed E-state index contributed by atoms with van der Waals surface area (Å²) in [6.45, 7) is 8.28. The second-order valence-electron chi connectivity index (χ2n) is 8.24. The van der Waals surface area contributed by atoms with Gasteiger partial charge in [-0.25, -0.2) is 0 Å². The smallest absolute Gasteiger partial charge is 0.0319 e. The summed E-state index contributed by atoms with van der Waals surface area (Å²) in [5.41, 5.74) is 5.60. The van der Waals surface area contributed by atoms with Crippen LogP contribution in [-0.2, 0) is 0 Å². The third-order valence-electron chi connectivity index (χ3n) is 6.42. The van der Waals surface area contributed by atoms with Gasteiger partial charge in [0.25, 0.3) is 0 Å². The van der Waals surface area contributed by atoms with Crippen LogP contribution in [0.25, 0.3) is 11.1 Å². The largest absolute Gasteiger partial charge is 0.314 e. The van der Waals surface area contributed by atoms with E-state index in [1.807, 2.05) is 0 Å². The summed E-state index contributed by atoms with van der Waals surface area (Å²) in [6, 6.07) is 19.7. The van der Waals surface area contributed by atoms with Gasteiger partial charge in [0.15, 0.2) is 0 Å². The molecule has 3 unspecified atom stereocenters. The summed E-state index contributed by atoms with van der Waals surface area (Å²) >= 11 is 0. The van der Waals surface area contributed by atoms with E-state index in [-0.39, 0.29) is 0 Å². The van der Waals surface area contributed by atoms with Gasteiger partial charge in [0.2, 0.25) is 0 Å². The van der Waals surface area contributed by atoms with Gasteiger partial charge in [0.1, 0.15) is 0 Å². The molecule has 2 nitrogen and oxygen atoms in total. The Labute approximate surface area is 158 Å². The van der Waals surface area contributed by atoms with Crippen molar-refractivity contribution in [1.82, 2.24) is 10.2 Å². The van der Waals surface area contributed by atoms with Crippen molar-refractivity contribution < 1.29 is 0 Å².